The molecule has 19 heavy (non-hydrogen) atoms. The summed E-state index contributed by atoms with van der Waals surface area (Å²) in [5.41, 5.74) is 8.07. The van der Waals surface area contributed by atoms with Crippen LogP contribution in [-0.2, 0) is 0 Å². The lowest BCUT2D eigenvalue weighted by molar-refractivity contribution is 0.172. The molecule has 2 atom stereocenters. The van der Waals surface area contributed by atoms with Crippen LogP contribution in [0, 0.1) is 12.7 Å². The second kappa shape index (κ2) is 5.85. The van der Waals surface area contributed by atoms with Crippen molar-refractivity contribution in [2.75, 3.05) is 0 Å². The summed E-state index contributed by atoms with van der Waals surface area (Å²) in [5.74, 6) is -0.148. The maximum Gasteiger partial charge on any atom is 0.165 e. The normalized spacial score (nSPS) is 13.9. The van der Waals surface area contributed by atoms with Crippen LogP contribution in [0.25, 0.3) is 0 Å². The molecule has 0 spiro atoms. The lowest BCUT2D eigenvalue weighted by Crippen LogP contribution is -2.29. The van der Waals surface area contributed by atoms with Gasteiger partial charge < -0.3 is 10.5 Å². The Bertz CT molecular complexity index is 537. The maximum atomic E-state index is 13.6. The summed E-state index contributed by atoms with van der Waals surface area (Å²) in [4.78, 5) is 0. The monoisotopic (exact) mass is 259 g/mol. The third-order valence-corrected chi connectivity index (χ3v) is 2.97. The molecule has 0 fully saturated rings. The van der Waals surface area contributed by atoms with Gasteiger partial charge in [0.15, 0.2) is 11.6 Å². The fourth-order valence-corrected chi connectivity index (χ4v) is 1.91. The molecule has 0 bridgehead atoms. The largest absolute Gasteiger partial charge is 0.481 e. The zero-order chi connectivity index (χ0) is 13.8. The first-order chi connectivity index (χ1) is 9.08. The molecule has 2 aromatic rings. The third-order valence-electron chi connectivity index (χ3n) is 2.97. The van der Waals surface area contributed by atoms with Gasteiger partial charge in [-0.15, -0.1) is 0 Å². The predicted molar refractivity (Wildman–Crippen MR) is 74.6 cm³/mol. The van der Waals surface area contributed by atoms with Gasteiger partial charge in [0.25, 0.3) is 0 Å². The fourth-order valence-electron chi connectivity index (χ4n) is 1.91. The van der Waals surface area contributed by atoms with Gasteiger partial charge in [-0.3, -0.25) is 0 Å². The standard InChI is InChI=1S/C16H18FNO/c1-11-7-9-13(10-8-11)16(12(2)18)19-15-6-4-3-5-14(15)17/h3-10,12,16H,18H2,1-2H3. The molecule has 0 aliphatic rings. The maximum absolute atomic E-state index is 13.6. The van der Waals surface area contributed by atoms with Gasteiger partial charge >= 0.3 is 0 Å². The first-order valence-electron chi connectivity index (χ1n) is 6.31. The minimum atomic E-state index is -0.375. The van der Waals surface area contributed by atoms with Crippen molar-refractivity contribution in [3.05, 3.63) is 65.5 Å². The van der Waals surface area contributed by atoms with Crippen LogP contribution in [0.5, 0.6) is 5.75 Å². The van der Waals surface area contributed by atoms with Crippen LogP contribution in [0.2, 0.25) is 0 Å². The van der Waals surface area contributed by atoms with Crippen molar-refractivity contribution in [1.82, 2.24) is 0 Å². The molecule has 0 radical (unpaired) electrons. The van der Waals surface area contributed by atoms with Gasteiger partial charge in [0.1, 0.15) is 6.10 Å². The molecule has 100 valence electrons. The number of hydrogen-bond acceptors (Lipinski definition) is 2. The molecule has 2 N–H and O–H groups in total. The van der Waals surface area contributed by atoms with E-state index < -0.39 is 0 Å². The van der Waals surface area contributed by atoms with Crippen molar-refractivity contribution in [1.29, 1.82) is 0 Å². The number of nitrogens with two attached hydrogens (primary N) is 1. The summed E-state index contributed by atoms with van der Waals surface area (Å²) < 4.78 is 19.4. The Morgan fingerprint density at radius 2 is 1.68 bits per heavy atom. The molecule has 2 rings (SSSR count). The summed E-state index contributed by atoms with van der Waals surface area (Å²) >= 11 is 0. The van der Waals surface area contributed by atoms with Crippen LogP contribution in [0.1, 0.15) is 24.2 Å². The summed E-state index contributed by atoms with van der Waals surface area (Å²) in [6, 6.07) is 14.0. The van der Waals surface area contributed by atoms with Crippen molar-refractivity contribution in [2.24, 2.45) is 5.73 Å². The molecule has 0 saturated carbocycles. The van der Waals surface area contributed by atoms with Gasteiger partial charge in [0, 0.05) is 6.04 Å². The zero-order valence-corrected chi connectivity index (χ0v) is 11.1. The highest BCUT2D eigenvalue weighted by molar-refractivity contribution is 5.28. The van der Waals surface area contributed by atoms with E-state index in [9.17, 15) is 4.39 Å². The van der Waals surface area contributed by atoms with Crippen molar-refractivity contribution < 1.29 is 9.13 Å². The fraction of sp³-hybridized carbons (Fsp3) is 0.250. The molecule has 2 aromatic carbocycles. The van der Waals surface area contributed by atoms with Crippen LogP contribution in [-0.4, -0.2) is 6.04 Å². The Hall–Kier alpha value is -1.87. The molecule has 2 nitrogen and oxygen atoms in total. The first-order valence-corrected chi connectivity index (χ1v) is 6.31. The van der Waals surface area contributed by atoms with Gasteiger partial charge in [0.2, 0.25) is 0 Å². The molecule has 0 heterocycles. The number of ether oxygens (including phenoxy) is 1. The quantitative estimate of drug-likeness (QED) is 0.910. The van der Waals surface area contributed by atoms with E-state index in [-0.39, 0.29) is 23.7 Å². The van der Waals surface area contributed by atoms with Crippen LogP contribution in [0.15, 0.2) is 48.5 Å². The van der Waals surface area contributed by atoms with Crippen molar-refractivity contribution >= 4 is 0 Å². The van der Waals surface area contributed by atoms with E-state index >= 15 is 0 Å². The topological polar surface area (TPSA) is 35.2 Å². The number of aryl methyl sites for hydroxylation is 1. The van der Waals surface area contributed by atoms with E-state index in [1.165, 1.54) is 6.07 Å². The second-order valence-electron chi connectivity index (χ2n) is 4.74. The van der Waals surface area contributed by atoms with Crippen molar-refractivity contribution in [3.8, 4) is 5.75 Å². The van der Waals surface area contributed by atoms with Crippen molar-refractivity contribution in [2.45, 2.75) is 26.0 Å². The molecular formula is C16H18FNO. The molecule has 0 amide bonds. The van der Waals surface area contributed by atoms with Gasteiger partial charge in [-0.25, -0.2) is 4.39 Å². The molecule has 0 saturated heterocycles. The highest BCUT2D eigenvalue weighted by atomic mass is 19.1. The molecule has 3 heteroatoms. The molecule has 0 aliphatic carbocycles. The average Bonchev–Trinajstić information content (AvgIpc) is 2.39. The Morgan fingerprint density at radius 1 is 1.05 bits per heavy atom. The lowest BCUT2D eigenvalue weighted by atomic mass is 10.0. The Labute approximate surface area is 113 Å². The average molecular weight is 259 g/mol. The van der Waals surface area contributed by atoms with Crippen LogP contribution >= 0.6 is 0 Å². The smallest absolute Gasteiger partial charge is 0.165 e. The van der Waals surface area contributed by atoms with Gasteiger partial charge in [-0.05, 0) is 31.5 Å². The van der Waals surface area contributed by atoms with E-state index in [2.05, 4.69) is 0 Å². The van der Waals surface area contributed by atoms with Crippen LogP contribution < -0.4 is 10.5 Å². The van der Waals surface area contributed by atoms with Gasteiger partial charge in [-0.1, -0.05) is 42.0 Å². The number of para-hydroxylation sites is 1. The number of halogens is 1. The first kappa shape index (κ1) is 13.6. The number of hydrogen-bond donors (Lipinski definition) is 1. The van der Waals surface area contributed by atoms with E-state index in [1.807, 2.05) is 38.1 Å². The number of benzene rings is 2. The Balaban J connectivity index is 2.26. The van der Waals surface area contributed by atoms with Crippen molar-refractivity contribution in [3.63, 3.8) is 0 Å². The molecule has 0 aliphatic heterocycles. The van der Waals surface area contributed by atoms with E-state index in [0.717, 1.165) is 11.1 Å². The second-order valence-corrected chi connectivity index (χ2v) is 4.74. The highest BCUT2D eigenvalue weighted by Crippen LogP contribution is 2.26. The minimum Gasteiger partial charge on any atom is -0.481 e. The lowest BCUT2D eigenvalue weighted by Gasteiger charge is -2.23. The summed E-state index contributed by atoms with van der Waals surface area (Å²) in [6.07, 6.45) is -0.363. The van der Waals surface area contributed by atoms with E-state index in [1.54, 1.807) is 18.2 Å². The SMILES string of the molecule is Cc1ccc(C(Oc2ccccc2F)C(C)N)cc1. The van der Waals surface area contributed by atoms with Gasteiger partial charge in [-0.2, -0.15) is 0 Å². The van der Waals surface area contributed by atoms with E-state index in [4.69, 9.17) is 10.5 Å². The van der Waals surface area contributed by atoms with E-state index in [0.29, 0.717) is 0 Å². The van der Waals surface area contributed by atoms with Crippen LogP contribution in [0.4, 0.5) is 4.39 Å². The summed E-state index contributed by atoms with van der Waals surface area (Å²) in [6.45, 7) is 3.87. The Kier molecular flexibility index (Phi) is 4.17. The van der Waals surface area contributed by atoms with Crippen LogP contribution in [0.3, 0.4) is 0 Å². The highest BCUT2D eigenvalue weighted by Gasteiger charge is 2.19. The minimum absolute atomic E-state index is 0.227. The predicted octanol–water partition coefficient (Wildman–Crippen LogP) is 3.60. The number of rotatable bonds is 4. The molecular weight excluding hydrogens is 241 g/mol. The Morgan fingerprint density at radius 3 is 2.26 bits per heavy atom. The summed E-state index contributed by atoms with van der Waals surface area (Å²) in [7, 11) is 0. The third kappa shape index (κ3) is 3.32. The summed E-state index contributed by atoms with van der Waals surface area (Å²) in [5, 5.41) is 0. The molecule has 2 unspecified atom stereocenters. The molecule has 0 aromatic heterocycles. The zero-order valence-electron chi connectivity index (χ0n) is 11.1. The van der Waals surface area contributed by atoms with Gasteiger partial charge in [0.05, 0.1) is 0 Å².